The number of benzene rings is 1. The molecule has 1 aliphatic carbocycles. The summed E-state index contributed by atoms with van der Waals surface area (Å²) in [6, 6.07) is 5.30. The van der Waals surface area contributed by atoms with Gasteiger partial charge in [0.1, 0.15) is 0 Å². The van der Waals surface area contributed by atoms with Crippen LogP contribution >= 0.6 is 0 Å². The van der Waals surface area contributed by atoms with Crippen molar-refractivity contribution in [3.05, 3.63) is 29.3 Å². The van der Waals surface area contributed by atoms with E-state index >= 15 is 0 Å². The van der Waals surface area contributed by atoms with Gasteiger partial charge in [0.2, 0.25) is 0 Å². The second kappa shape index (κ2) is 6.27. The van der Waals surface area contributed by atoms with E-state index in [1.165, 1.54) is 12.8 Å². The number of carbonyl (C=O) groups is 1. The molecule has 0 heterocycles. The van der Waals surface area contributed by atoms with Crippen LogP contribution in [0.1, 0.15) is 54.4 Å². The average Bonchev–Trinajstić information content (AvgIpc) is 2.60. The fourth-order valence-electron chi connectivity index (χ4n) is 2.85. The van der Waals surface area contributed by atoms with Crippen molar-refractivity contribution in [1.29, 1.82) is 0 Å². The molecule has 0 unspecified atom stereocenters. The summed E-state index contributed by atoms with van der Waals surface area (Å²) in [4.78, 5) is 12.1. The number of aliphatic hydroxyl groups is 1. The number of rotatable bonds is 3. The SMILES string of the molecule is Cc1cc(N)cc(C(=O)NCC2(O)CCCCCC2)c1. The van der Waals surface area contributed by atoms with Crippen molar-refractivity contribution in [1.82, 2.24) is 5.32 Å². The maximum absolute atomic E-state index is 12.1. The van der Waals surface area contributed by atoms with Gasteiger partial charge in [-0.2, -0.15) is 0 Å². The van der Waals surface area contributed by atoms with Crippen LogP contribution in [0.25, 0.3) is 0 Å². The van der Waals surface area contributed by atoms with Gasteiger partial charge in [-0.3, -0.25) is 4.79 Å². The van der Waals surface area contributed by atoms with Crippen molar-refractivity contribution >= 4 is 11.6 Å². The molecule has 1 fully saturated rings. The minimum absolute atomic E-state index is 0.168. The van der Waals surface area contributed by atoms with Crippen molar-refractivity contribution in [2.24, 2.45) is 0 Å². The molecule has 1 aliphatic rings. The van der Waals surface area contributed by atoms with E-state index in [1.54, 1.807) is 6.07 Å². The Balaban J connectivity index is 1.97. The third kappa shape index (κ3) is 3.97. The highest BCUT2D eigenvalue weighted by Crippen LogP contribution is 2.26. The largest absolute Gasteiger partial charge is 0.399 e. The fourth-order valence-corrected chi connectivity index (χ4v) is 2.85. The van der Waals surface area contributed by atoms with Crippen LogP contribution in [0.5, 0.6) is 0 Å². The minimum Gasteiger partial charge on any atom is -0.399 e. The number of carbonyl (C=O) groups excluding carboxylic acids is 1. The number of hydrogen-bond donors (Lipinski definition) is 3. The van der Waals surface area contributed by atoms with Crippen LogP contribution in [0.2, 0.25) is 0 Å². The quantitative estimate of drug-likeness (QED) is 0.586. The summed E-state index contributed by atoms with van der Waals surface area (Å²) >= 11 is 0. The maximum atomic E-state index is 12.1. The Morgan fingerprint density at radius 3 is 2.50 bits per heavy atom. The number of hydrogen-bond acceptors (Lipinski definition) is 3. The highest BCUT2D eigenvalue weighted by Gasteiger charge is 2.28. The monoisotopic (exact) mass is 276 g/mol. The molecule has 2 rings (SSSR count). The Morgan fingerprint density at radius 2 is 1.90 bits per heavy atom. The van der Waals surface area contributed by atoms with Gasteiger partial charge in [0, 0.05) is 17.8 Å². The molecule has 0 atom stereocenters. The summed E-state index contributed by atoms with van der Waals surface area (Å²) in [7, 11) is 0. The van der Waals surface area contributed by atoms with E-state index in [4.69, 9.17) is 5.73 Å². The molecular formula is C16H24N2O2. The summed E-state index contributed by atoms with van der Waals surface area (Å²) in [6.45, 7) is 2.23. The fraction of sp³-hybridized carbons (Fsp3) is 0.562. The van der Waals surface area contributed by atoms with Gasteiger partial charge >= 0.3 is 0 Å². The van der Waals surface area contributed by atoms with E-state index in [9.17, 15) is 9.90 Å². The van der Waals surface area contributed by atoms with E-state index in [0.29, 0.717) is 17.8 Å². The van der Waals surface area contributed by atoms with Crippen LogP contribution in [-0.2, 0) is 0 Å². The van der Waals surface area contributed by atoms with Crippen LogP contribution < -0.4 is 11.1 Å². The number of amides is 1. The Bertz CT molecular complexity index is 457. The van der Waals surface area contributed by atoms with Crippen LogP contribution in [0.4, 0.5) is 5.69 Å². The van der Waals surface area contributed by atoms with E-state index < -0.39 is 5.60 Å². The van der Waals surface area contributed by atoms with Gasteiger partial charge in [-0.1, -0.05) is 25.7 Å². The zero-order valence-electron chi connectivity index (χ0n) is 12.1. The summed E-state index contributed by atoms with van der Waals surface area (Å²) in [6.07, 6.45) is 5.94. The highest BCUT2D eigenvalue weighted by molar-refractivity contribution is 5.95. The molecule has 0 spiro atoms. The summed E-state index contributed by atoms with van der Waals surface area (Å²) in [5.74, 6) is -0.168. The first-order valence-corrected chi connectivity index (χ1v) is 7.36. The van der Waals surface area contributed by atoms with Crippen molar-refractivity contribution in [3.8, 4) is 0 Å². The van der Waals surface area contributed by atoms with Crippen molar-refractivity contribution in [2.45, 2.75) is 51.0 Å². The Labute approximate surface area is 120 Å². The van der Waals surface area contributed by atoms with Crippen molar-refractivity contribution in [2.75, 3.05) is 12.3 Å². The molecule has 1 amide bonds. The molecule has 0 radical (unpaired) electrons. The van der Waals surface area contributed by atoms with Crippen LogP contribution in [0.15, 0.2) is 18.2 Å². The number of aryl methyl sites for hydroxylation is 1. The smallest absolute Gasteiger partial charge is 0.251 e. The molecule has 1 aromatic carbocycles. The normalized spacial score (nSPS) is 18.3. The Kier molecular flexibility index (Phi) is 4.65. The van der Waals surface area contributed by atoms with E-state index in [2.05, 4.69) is 5.32 Å². The second-order valence-electron chi connectivity index (χ2n) is 5.95. The van der Waals surface area contributed by atoms with Crippen LogP contribution in [0, 0.1) is 6.92 Å². The number of nitrogen functional groups attached to an aromatic ring is 1. The lowest BCUT2D eigenvalue weighted by Gasteiger charge is -2.26. The zero-order valence-corrected chi connectivity index (χ0v) is 12.1. The third-order valence-electron chi connectivity index (χ3n) is 3.97. The molecule has 4 N–H and O–H groups in total. The first-order valence-electron chi connectivity index (χ1n) is 7.36. The van der Waals surface area contributed by atoms with Gasteiger partial charge in [-0.25, -0.2) is 0 Å². The first-order chi connectivity index (χ1) is 9.48. The predicted octanol–water partition coefficient (Wildman–Crippen LogP) is 2.39. The Morgan fingerprint density at radius 1 is 1.25 bits per heavy atom. The molecule has 1 aromatic rings. The molecule has 20 heavy (non-hydrogen) atoms. The molecule has 110 valence electrons. The van der Waals surface area contributed by atoms with E-state index in [1.807, 2.05) is 19.1 Å². The number of nitrogens with one attached hydrogen (secondary N) is 1. The van der Waals surface area contributed by atoms with Gasteiger partial charge < -0.3 is 16.2 Å². The summed E-state index contributed by atoms with van der Waals surface area (Å²) < 4.78 is 0. The lowest BCUT2D eigenvalue weighted by molar-refractivity contribution is 0.0246. The molecule has 0 saturated heterocycles. The van der Waals surface area contributed by atoms with Crippen molar-refractivity contribution < 1.29 is 9.90 Å². The minimum atomic E-state index is -0.748. The molecular weight excluding hydrogens is 252 g/mol. The van der Waals surface area contributed by atoms with Gasteiger partial charge in [0.05, 0.1) is 5.60 Å². The zero-order chi connectivity index (χ0) is 14.6. The standard InChI is InChI=1S/C16H24N2O2/c1-12-8-13(10-14(17)9-12)15(19)18-11-16(20)6-4-2-3-5-7-16/h8-10,20H,2-7,11,17H2,1H3,(H,18,19). The number of nitrogens with two attached hydrogens (primary N) is 1. The van der Waals surface area contributed by atoms with Gasteiger partial charge in [-0.15, -0.1) is 0 Å². The van der Waals surface area contributed by atoms with Gasteiger partial charge in [0.25, 0.3) is 5.91 Å². The molecule has 0 aromatic heterocycles. The molecule has 4 nitrogen and oxygen atoms in total. The van der Waals surface area contributed by atoms with Crippen LogP contribution in [0.3, 0.4) is 0 Å². The molecule has 1 saturated carbocycles. The topological polar surface area (TPSA) is 75.4 Å². The van der Waals surface area contributed by atoms with E-state index in [-0.39, 0.29) is 5.91 Å². The highest BCUT2D eigenvalue weighted by atomic mass is 16.3. The van der Waals surface area contributed by atoms with Gasteiger partial charge in [-0.05, 0) is 43.5 Å². The maximum Gasteiger partial charge on any atom is 0.251 e. The summed E-state index contributed by atoms with van der Waals surface area (Å²) in [5, 5.41) is 13.4. The first kappa shape index (κ1) is 14.9. The second-order valence-corrected chi connectivity index (χ2v) is 5.95. The molecule has 0 bridgehead atoms. The Hall–Kier alpha value is -1.55. The molecule has 0 aliphatic heterocycles. The van der Waals surface area contributed by atoms with Crippen LogP contribution in [-0.4, -0.2) is 23.2 Å². The van der Waals surface area contributed by atoms with Gasteiger partial charge in [0.15, 0.2) is 0 Å². The number of anilines is 1. The van der Waals surface area contributed by atoms with Crippen molar-refractivity contribution in [3.63, 3.8) is 0 Å². The third-order valence-corrected chi connectivity index (χ3v) is 3.97. The molecule has 4 heteroatoms. The van der Waals surface area contributed by atoms with E-state index in [0.717, 1.165) is 31.2 Å². The predicted molar refractivity (Wildman–Crippen MR) is 80.6 cm³/mol. The summed E-state index contributed by atoms with van der Waals surface area (Å²) in [5.41, 5.74) is 7.11. The lowest BCUT2D eigenvalue weighted by Crippen LogP contribution is -2.42. The lowest BCUT2D eigenvalue weighted by atomic mass is 9.94. The average molecular weight is 276 g/mol.